The van der Waals surface area contributed by atoms with Crippen molar-refractivity contribution in [3.05, 3.63) is 36.0 Å². The largest absolute Gasteiger partial charge is 0.359 e. The van der Waals surface area contributed by atoms with Gasteiger partial charge in [0.25, 0.3) is 0 Å². The fraction of sp³-hybridized carbons (Fsp3) is 0.308. The van der Waals surface area contributed by atoms with Crippen LogP contribution < -0.4 is 4.90 Å². The van der Waals surface area contributed by atoms with Crippen molar-refractivity contribution in [2.75, 3.05) is 18.5 Å². The van der Waals surface area contributed by atoms with Gasteiger partial charge in [-0.05, 0) is 17.9 Å². The molecule has 0 bridgehead atoms. The monoisotopic (exact) mass is 234 g/mol. The van der Waals surface area contributed by atoms with E-state index in [0.29, 0.717) is 5.88 Å². The van der Waals surface area contributed by atoms with Gasteiger partial charge in [-0.25, -0.2) is 4.98 Å². The van der Waals surface area contributed by atoms with Crippen molar-refractivity contribution in [2.24, 2.45) is 0 Å². The Morgan fingerprint density at radius 2 is 1.94 bits per heavy atom. The van der Waals surface area contributed by atoms with Crippen LogP contribution in [-0.2, 0) is 5.88 Å². The van der Waals surface area contributed by atoms with E-state index in [4.69, 9.17) is 11.6 Å². The highest BCUT2D eigenvalue weighted by atomic mass is 35.5. The zero-order chi connectivity index (χ0) is 11.5. The van der Waals surface area contributed by atoms with Crippen LogP contribution in [0, 0.1) is 0 Å². The molecule has 2 aromatic rings. The van der Waals surface area contributed by atoms with Gasteiger partial charge in [-0.1, -0.05) is 24.3 Å². The molecule has 0 aliphatic carbocycles. The number of fused-ring (bicyclic) bond motifs is 1. The van der Waals surface area contributed by atoms with Crippen LogP contribution in [0.4, 0.5) is 5.82 Å². The van der Waals surface area contributed by atoms with Crippen LogP contribution in [0.25, 0.3) is 10.8 Å². The van der Waals surface area contributed by atoms with E-state index in [2.05, 4.69) is 36.0 Å². The molecule has 2 rings (SSSR count). The van der Waals surface area contributed by atoms with Crippen molar-refractivity contribution in [2.45, 2.75) is 12.8 Å². The Balaban J connectivity index is 2.69. The summed E-state index contributed by atoms with van der Waals surface area (Å²) < 4.78 is 0. The molecule has 0 unspecified atom stereocenters. The molecule has 1 heterocycles. The third-order valence-electron chi connectivity index (χ3n) is 2.84. The van der Waals surface area contributed by atoms with Gasteiger partial charge in [0.1, 0.15) is 5.82 Å². The Morgan fingerprint density at radius 3 is 2.56 bits per heavy atom. The molecule has 1 aromatic heterocycles. The molecule has 0 N–H and O–H groups in total. The summed E-state index contributed by atoms with van der Waals surface area (Å²) in [6.07, 6.45) is 1.87. The van der Waals surface area contributed by atoms with Crippen LogP contribution in [0.1, 0.15) is 12.5 Å². The summed E-state index contributed by atoms with van der Waals surface area (Å²) in [6, 6.07) is 8.27. The summed E-state index contributed by atoms with van der Waals surface area (Å²) in [4.78, 5) is 6.63. The first-order chi connectivity index (χ1) is 7.77. The molecule has 0 saturated heterocycles. The van der Waals surface area contributed by atoms with Crippen molar-refractivity contribution in [1.29, 1.82) is 0 Å². The second kappa shape index (κ2) is 4.71. The summed E-state index contributed by atoms with van der Waals surface area (Å²) in [7, 11) is 2.05. The smallest absolute Gasteiger partial charge is 0.136 e. The predicted octanol–water partition coefficient (Wildman–Crippen LogP) is 3.43. The molecule has 3 heteroatoms. The first kappa shape index (κ1) is 11.2. The maximum Gasteiger partial charge on any atom is 0.136 e. The molecule has 0 aliphatic rings. The number of aromatic nitrogens is 1. The van der Waals surface area contributed by atoms with Gasteiger partial charge >= 0.3 is 0 Å². The lowest BCUT2D eigenvalue weighted by molar-refractivity contribution is 0.944. The van der Waals surface area contributed by atoms with Crippen molar-refractivity contribution in [3.63, 3.8) is 0 Å². The molecular formula is C13H15ClN2. The topological polar surface area (TPSA) is 16.1 Å². The van der Waals surface area contributed by atoms with Crippen molar-refractivity contribution >= 4 is 28.2 Å². The highest BCUT2D eigenvalue weighted by molar-refractivity contribution is 6.18. The van der Waals surface area contributed by atoms with E-state index in [1.807, 2.05) is 18.3 Å². The molecule has 0 atom stereocenters. The highest BCUT2D eigenvalue weighted by Crippen LogP contribution is 2.27. The van der Waals surface area contributed by atoms with E-state index >= 15 is 0 Å². The first-order valence-electron chi connectivity index (χ1n) is 5.41. The number of halogens is 1. The number of alkyl halides is 1. The normalized spacial score (nSPS) is 10.7. The van der Waals surface area contributed by atoms with Crippen LogP contribution >= 0.6 is 11.6 Å². The van der Waals surface area contributed by atoms with E-state index in [9.17, 15) is 0 Å². The third-order valence-corrected chi connectivity index (χ3v) is 3.12. The maximum atomic E-state index is 5.92. The summed E-state index contributed by atoms with van der Waals surface area (Å²) in [5, 5.41) is 2.37. The van der Waals surface area contributed by atoms with Crippen molar-refractivity contribution in [3.8, 4) is 0 Å². The minimum Gasteiger partial charge on any atom is -0.359 e. The van der Waals surface area contributed by atoms with Gasteiger partial charge in [0, 0.05) is 31.1 Å². The summed E-state index contributed by atoms with van der Waals surface area (Å²) >= 11 is 5.92. The lowest BCUT2D eigenvalue weighted by Gasteiger charge is -2.18. The number of nitrogens with zero attached hydrogens (tertiary/aromatic N) is 2. The van der Waals surface area contributed by atoms with Crippen LogP contribution in [0.3, 0.4) is 0 Å². The number of pyridine rings is 1. The summed E-state index contributed by atoms with van der Waals surface area (Å²) in [5.41, 5.74) is 1.09. The predicted molar refractivity (Wildman–Crippen MR) is 70.2 cm³/mol. The van der Waals surface area contributed by atoms with Gasteiger partial charge in [0.2, 0.25) is 0 Å². The van der Waals surface area contributed by atoms with Gasteiger partial charge in [-0.15, -0.1) is 11.6 Å². The average Bonchev–Trinajstić information content (AvgIpc) is 2.36. The fourth-order valence-electron chi connectivity index (χ4n) is 1.80. The van der Waals surface area contributed by atoms with Crippen LogP contribution in [0.15, 0.2) is 30.5 Å². The van der Waals surface area contributed by atoms with Gasteiger partial charge < -0.3 is 4.90 Å². The van der Waals surface area contributed by atoms with E-state index in [0.717, 1.165) is 17.9 Å². The molecule has 0 spiro atoms. The molecule has 0 fully saturated rings. The third kappa shape index (κ3) is 1.85. The molecule has 0 saturated carbocycles. The number of benzene rings is 1. The van der Waals surface area contributed by atoms with Crippen molar-refractivity contribution < 1.29 is 0 Å². The molecule has 84 valence electrons. The maximum absolute atomic E-state index is 5.92. The van der Waals surface area contributed by atoms with E-state index in [1.165, 1.54) is 10.8 Å². The van der Waals surface area contributed by atoms with E-state index in [-0.39, 0.29) is 0 Å². The summed E-state index contributed by atoms with van der Waals surface area (Å²) in [5.74, 6) is 1.52. The summed E-state index contributed by atoms with van der Waals surface area (Å²) in [6.45, 7) is 3.06. The van der Waals surface area contributed by atoms with Gasteiger partial charge in [-0.3, -0.25) is 0 Å². The minimum absolute atomic E-state index is 0.504. The SMILES string of the molecule is CCN(C)c1ncc(CCl)c2ccccc12. The molecule has 2 nitrogen and oxygen atoms in total. The second-order valence-electron chi connectivity index (χ2n) is 3.80. The number of hydrogen-bond donors (Lipinski definition) is 0. The van der Waals surface area contributed by atoms with Gasteiger partial charge in [0.05, 0.1) is 0 Å². The fourth-order valence-corrected chi connectivity index (χ4v) is 2.01. The molecular weight excluding hydrogens is 220 g/mol. The Hall–Kier alpha value is -1.28. The quantitative estimate of drug-likeness (QED) is 0.757. The minimum atomic E-state index is 0.504. The Kier molecular flexibility index (Phi) is 3.30. The standard InChI is InChI=1S/C13H15ClN2/c1-3-16(2)13-12-7-5-4-6-11(12)10(8-14)9-15-13/h4-7,9H,3,8H2,1-2H3. The van der Waals surface area contributed by atoms with Gasteiger partial charge in [0.15, 0.2) is 0 Å². The Labute approximate surface area is 101 Å². The Morgan fingerprint density at radius 1 is 1.25 bits per heavy atom. The molecule has 0 aliphatic heterocycles. The van der Waals surface area contributed by atoms with E-state index in [1.54, 1.807) is 0 Å². The van der Waals surface area contributed by atoms with Crippen LogP contribution in [0.5, 0.6) is 0 Å². The lowest BCUT2D eigenvalue weighted by atomic mass is 10.1. The number of anilines is 1. The van der Waals surface area contributed by atoms with Gasteiger partial charge in [-0.2, -0.15) is 0 Å². The first-order valence-corrected chi connectivity index (χ1v) is 5.95. The lowest BCUT2D eigenvalue weighted by Crippen LogP contribution is -2.17. The number of rotatable bonds is 3. The zero-order valence-corrected chi connectivity index (χ0v) is 10.3. The van der Waals surface area contributed by atoms with Crippen molar-refractivity contribution in [1.82, 2.24) is 4.98 Å². The zero-order valence-electron chi connectivity index (χ0n) is 9.57. The van der Waals surface area contributed by atoms with Crippen LogP contribution in [0.2, 0.25) is 0 Å². The van der Waals surface area contributed by atoms with E-state index < -0.39 is 0 Å². The molecule has 0 radical (unpaired) electrons. The molecule has 0 amide bonds. The second-order valence-corrected chi connectivity index (χ2v) is 4.07. The number of hydrogen-bond acceptors (Lipinski definition) is 2. The molecule has 1 aromatic carbocycles. The Bertz CT molecular complexity index is 496. The molecule has 16 heavy (non-hydrogen) atoms. The highest BCUT2D eigenvalue weighted by Gasteiger charge is 2.08. The average molecular weight is 235 g/mol. The van der Waals surface area contributed by atoms with Crippen LogP contribution in [-0.4, -0.2) is 18.6 Å².